The van der Waals surface area contributed by atoms with Crippen LogP contribution >= 0.6 is 34.8 Å². The maximum atomic E-state index is 15.0. The third-order valence-corrected chi connectivity index (χ3v) is 13.4. The van der Waals surface area contributed by atoms with Gasteiger partial charge in [-0.3, -0.25) is 14.4 Å². The van der Waals surface area contributed by atoms with Crippen molar-refractivity contribution >= 4 is 62.5 Å². The van der Waals surface area contributed by atoms with Crippen molar-refractivity contribution in [2.75, 3.05) is 13.1 Å². The van der Waals surface area contributed by atoms with Crippen molar-refractivity contribution in [1.29, 1.82) is 0 Å². The molecule has 2 heterocycles. The van der Waals surface area contributed by atoms with E-state index in [1.165, 1.54) is 27.4 Å². The van der Waals surface area contributed by atoms with E-state index >= 15 is 4.79 Å². The predicted molar refractivity (Wildman–Crippen MR) is 186 cm³/mol. The highest BCUT2D eigenvalue weighted by atomic mass is 35.5. The second-order valence-corrected chi connectivity index (χ2v) is 17.0. The lowest BCUT2D eigenvalue weighted by Gasteiger charge is -2.56. The Bertz CT molecular complexity index is 1640. The summed E-state index contributed by atoms with van der Waals surface area (Å²) in [6.07, 6.45) is 6.92. The van der Waals surface area contributed by atoms with Crippen molar-refractivity contribution < 1.29 is 22.8 Å². The highest BCUT2D eigenvalue weighted by molar-refractivity contribution is 7.89. The zero-order valence-electron chi connectivity index (χ0n) is 27.4. The second kappa shape index (κ2) is 14.5. The number of piperazine rings is 1. The van der Waals surface area contributed by atoms with Crippen LogP contribution in [-0.4, -0.2) is 88.6 Å². The molecule has 2 saturated carbocycles. The summed E-state index contributed by atoms with van der Waals surface area (Å²) in [7, 11) is -4.36. The van der Waals surface area contributed by atoms with Crippen LogP contribution < -0.4 is 0 Å². The quantitative estimate of drug-likeness (QED) is 0.313. The van der Waals surface area contributed by atoms with Crippen LogP contribution in [0.2, 0.25) is 15.1 Å². The highest BCUT2D eigenvalue weighted by Crippen LogP contribution is 2.39. The Balaban J connectivity index is 1.50. The fraction of sp³-hybridized carbons (Fsp3) is 0.571. The van der Waals surface area contributed by atoms with E-state index in [-0.39, 0.29) is 70.2 Å². The number of rotatable bonds is 8. The van der Waals surface area contributed by atoms with Crippen LogP contribution in [0, 0.1) is 5.92 Å². The van der Waals surface area contributed by atoms with Gasteiger partial charge in [-0.05, 0) is 75.4 Å². The molecule has 3 unspecified atom stereocenters. The second-order valence-electron chi connectivity index (χ2n) is 13.8. The lowest BCUT2D eigenvalue weighted by atomic mass is 9.90. The summed E-state index contributed by atoms with van der Waals surface area (Å²) >= 11 is 18.9. The van der Waals surface area contributed by atoms with Gasteiger partial charge in [0.05, 0.1) is 11.6 Å². The average molecular weight is 738 g/mol. The van der Waals surface area contributed by atoms with E-state index in [1.807, 2.05) is 26.0 Å². The van der Waals surface area contributed by atoms with Gasteiger partial charge in [-0.2, -0.15) is 4.31 Å². The lowest BCUT2D eigenvalue weighted by molar-refractivity contribution is -0.176. The molecule has 0 aromatic heterocycles. The summed E-state index contributed by atoms with van der Waals surface area (Å²) in [6, 6.07) is 8.76. The van der Waals surface area contributed by atoms with Crippen LogP contribution in [0.3, 0.4) is 0 Å². The molecule has 2 aromatic carbocycles. The molecular weight excluding hydrogens is 695 g/mol. The fourth-order valence-corrected chi connectivity index (χ4v) is 10.5. The Morgan fingerprint density at radius 1 is 0.854 bits per heavy atom. The van der Waals surface area contributed by atoms with Gasteiger partial charge in [0.25, 0.3) is 0 Å². The Morgan fingerprint density at radius 3 is 2.10 bits per heavy atom. The molecular formula is C35H43Cl3N4O5S. The monoisotopic (exact) mass is 736 g/mol. The molecule has 0 N–H and O–H groups in total. The first-order valence-corrected chi connectivity index (χ1v) is 19.6. The minimum atomic E-state index is -4.36. The number of benzene rings is 2. The number of carbonyl (C=O) groups is 3. The van der Waals surface area contributed by atoms with Gasteiger partial charge in [0.15, 0.2) is 0 Å². The van der Waals surface area contributed by atoms with Crippen LogP contribution in [0.4, 0.5) is 0 Å². The minimum Gasteiger partial charge on any atom is -0.335 e. The summed E-state index contributed by atoms with van der Waals surface area (Å²) in [5.41, 5.74) is 0.776. The molecule has 0 spiro atoms. The maximum Gasteiger partial charge on any atom is 0.248 e. The van der Waals surface area contributed by atoms with Gasteiger partial charge < -0.3 is 14.7 Å². The van der Waals surface area contributed by atoms with Gasteiger partial charge >= 0.3 is 0 Å². The predicted octanol–water partition coefficient (Wildman–Crippen LogP) is 6.39. The molecule has 2 aromatic rings. The number of hydrogen-bond acceptors (Lipinski definition) is 5. The van der Waals surface area contributed by atoms with E-state index < -0.39 is 28.3 Å². The number of halogens is 3. The van der Waals surface area contributed by atoms with Crippen LogP contribution in [0.25, 0.3) is 0 Å². The first-order chi connectivity index (χ1) is 22.9. The van der Waals surface area contributed by atoms with Crippen LogP contribution in [0.15, 0.2) is 47.4 Å². The van der Waals surface area contributed by atoms with Gasteiger partial charge in [-0.15, -0.1) is 0 Å². The number of amides is 3. The van der Waals surface area contributed by atoms with Crippen molar-refractivity contribution in [1.82, 2.24) is 19.0 Å². The molecule has 0 radical (unpaired) electrons. The lowest BCUT2D eigenvalue weighted by Crippen LogP contribution is -2.77. The SMILES string of the molecule is CC(C)N1CC2N(C(=O)C(N(C(=O)C3CCCC3)C3CCCCC3)CN2S(=O)(=O)c2ccc(Cl)cc2Cl)C(Cc2ccc(Cl)cc2)C1=O. The molecule has 2 saturated heterocycles. The molecule has 2 aliphatic carbocycles. The van der Waals surface area contributed by atoms with E-state index in [1.54, 1.807) is 21.9 Å². The topological polar surface area (TPSA) is 98.3 Å². The van der Waals surface area contributed by atoms with Crippen molar-refractivity contribution in [3.05, 3.63) is 63.1 Å². The standard InChI is InChI=1S/C35H43Cl3N4O5S/c1-22(2)39-21-32-40(48(46,47)31-17-16-26(37)19-28(31)38)20-30(41(27-10-4-3-5-11-27)33(43)24-8-6-7-9-24)35(45)42(32)29(34(39)44)18-23-12-14-25(36)15-13-23/h12-17,19,22,24,27,29-30,32H,3-11,18,20-21H2,1-2H3. The van der Waals surface area contributed by atoms with E-state index in [0.29, 0.717) is 5.02 Å². The molecule has 6 rings (SSSR count). The van der Waals surface area contributed by atoms with E-state index in [0.717, 1.165) is 63.4 Å². The summed E-state index contributed by atoms with van der Waals surface area (Å²) in [6.45, 7) is 3.50. The molecule has 4 aliphatic rings. The zero-order valence-corrected chi connectivity index (χ0v) is 30.4. The Kier molecular flexibility index (Phi) is 10.7. The molecule has 3 atom stereocenters. The molecule has 48 heavy (non-hydrogen) atoms. The third-order valence-electron chi connectivity index (χ3n) is 10.5. The molecule has 3 amide bonds. The van der Waals surface area contributed by atoms with Crippen LogP contribution in [0.5, 0.6) is 0 Å². The number of nitrogens with zero attached hydrogens (tertiary/aromatic N) is 4. The highest BCUT2D eigenvalue weighted by Gasteiger charge is 2.56. The zero-order chi connectivity index (χ0) is 34.3. The molecule has 260 valence electrons. The smallest absolute Gasteiger partial charge is 0.248 e. The Hall–Kier alpha value is -2.37. The molecule has 4 fully saturated rings. The van der Waals surface area contributed by atoms with Crippen molar-refractivity contribution in [3.63, 3.8) is 0 Å². The maximum absolute atomic E-state index is 15.0. The van der Waals surface area contributed by atoms with E-state index in [4.69, 9.17) is 34.8 Å². The molecule has 9 nitrogen and oxygen atoms in total. The number of fused-ring (bicyclic) bond motifs is 1. The first kappa shape index (κ1) is 35.5. The summed E-state index contributed by atoms with van der Waals surface area (Å²) in [4.78, 5) is 48.5. The molecule has 2 aliphatic heterocycles. The Labute approximate surface area is 298 Å². The molecule has 0 bridgehead atoms. The van der Waals surface area contributed by atoms with Crippen molar-refractivity contribution in [2.24, 2.45) is 5.92 Å². The average Bonchev–Trinajstić information content (AvgIpc) is 3.60. The summed E-state index contributed by atoms with van der Waals surface area (Å²) in [5, 5.41) is 0.782. The minimum absolute atomic E-state index is 0.0173. The van der Waals surface area contributed by atoms with Gasteiger partial charge in [-0.1, -0.05) is 79.0 Å². The number of sulfonamides is 1. The number of hydrogen-bond donors (Lipinski definition) is 0. The van der Waals surface area contributed by atoms with Crippen LogP contribution in [-0.2, 0) is 30.8 Å². The van der Waals surface area contributed by atoms with Gasteiger partial charge in [0.2, 0.25) is 27.7 Å². The van der Waals surface area contributed by atoms with Gasteiger partial charge in [0.1, 0.15) is 23.1 Å². The van der Waals surface area contributed by atoms with Crippen LogP contribution in [0.1, 0.15) is 77.2 Å². The normalized spacial score (nSPS) is 24.8. The fourth-order valence-electron chi connectivity index (χ4n) is 8.05. The van der Waals surface area contributed by atoms with Crippen molar-refractivity contribution in [2.45, 2.75) is 113 Å². The number of carbonyl (C=O) groups excluding carboxylic acids is 3. The molecule has 13 heteroatoms. The van der Waals surface area contributed by atoms with E-state index in [2.05, 4.69) is 0 Å². The third kappa shape index (κ3) is 6.84. The van der Waals surface area contributed by atoms with Crippen molar-refractivity contribution in [3.8, 4) is 0 Å². The summed E-state index contributed by atoms with van der Waals surface area (Å²) < 4.78 is 30.8. The first-order valence-electron chi connectivity index (χ1n) is 17.0. The largest absolute Gasteiger partial charge is 0.335 e. The van der Waals surface area contributed by atoms with E-state index in [9.17, 15) is 18.0 Å². The summed E-state index contributed by atoms with van der Waals surface area (Å²) in [5.74, 6) is -0.948. The van der Waals surface area contributed by atoms with Gasteiger partial charge in [0, 0.05) is 41.0 Å². The Morgan fingerprint density at radius 2 is 1.48 bits per heavy atom. The van der Waals surface area contributed by atoms with Gasteiger partial charge in [-0.25, -0.2) is 8.42 Å².